The summed E-state index contributed by atoms with van der Waals surface area (Å²) in [5.41, 5.74) is 2.12. The number of halogens is 1. The Kier molecular flexibility index (Phi) is 8.67. The van der Waals surface area contributed by atoms with Gasteiger partial charge in [0.25, 0.3) is 5.91 Å². The third-order valence-corrected chi connectivity index (χ3v) is 4.49. The molecule has 2 aromatic carbocycles. The number of hydrogen-bond acceptors (Lipinski definition) is 5. The second-order valence-electron chi connectivity index (χ2n) is 6.27. The molecule has 7 nitrogen and oxygen atoms in total. The largest absolute Gasteiger partial charge is 0.495 e. The molecule has 0 aliphatic carbocycles. The van der Waals surface area contributed by atoms with Crippen molar-refractivity contribution in [3.8, 4) is 5.75 Å². The number of rotatable bonds is 9. The third-order valence-electron chi connectivity index (χ3n) is 3.99. The first-order valence-electron chi connectivity index (χ1n) is 9.03. The predicted octanol–water partition coefficient (Wildman–Crippen LogP) is 4.06. The van der Waals surface area contributed by atoms with Crippen LogP contribution in [0.2, 0.25) is 0 Å². The van der Waals surface area contributed by atoms with Crippen molar-refractivity contribution in [2.45, 2.75) is 26.2 Å². The Balaban J connectivity index is 1.67. The molecular weight excluding hydrogens is 440 g/mol. The highest BCUT2D eigenvalue weighted by Crippen LogP contribution is 2.23. The van der Waals surface area contributed by atoms with Crippen LogP contribution < -0.4 is 15.4 Å². The maximum absolute atomic E-state index is 12.0. The maximum Gasteiger partial charge on any atom is 0.306 e. The number of methoxy groups -OCH3 is 1. The molecule has 2 rings (SSSR count). The van der Waals surface area contributed by atoms with Crippen LogP contribution in [0, 0.1) is 6.92 Å². The van der Waals surface area contributed by atoms with Crippen molar-refractivity contribution < 1.29 is 23.9 Å². The van der Waals surface area contributed by atoms with Crippen LogP contribution in [0.1, 0.15) is 24.8 Å². The number of esters is 1. The number of carbonyl (C=O) groups excluding carboxylic acids is 3. The first kappa shape index (κ1) is 22.4. The van der Waals surface area contributed by atoms with E-state index in [4.69, 9.17) is 9.47 Å². The van der Waals surface area contributed by atoms with Gasteiger partial charge in [0.05, 0.1) is 12.8 Å². The first-order valence-corrected chi connectivity index (χ1v) is 9.83. The zero-order chi connectivity index (χ0) is 21.2. The number of carbonyl (C=O) groups is 3. The summed E-state index contributed by atoms with van der Waals surface area (Å²) >= 11 is 3.36. The Morgan fingerprint density at radius 1 is 0.966 bits per heavy atom. The van der Waals surface area contributed by atoms with E-state index in [9.17, 15) is 14.4 Å². The van der Waals surface area contributed by atoms with Gasteiger partial charge in [0.2, 0.25) is 5.91 Å². The monoisotopic (exact) mass is 462 g/mol. The Morgan fingerprint density at radius 3 is 2.41 bits per heavy atom. The molecule has 154 valence electrons. The van der Waals surface area contributed by atoms with Crippen molar-refractivity contribution in [1.29, 1.82) is 0 Å². The number of para-hydroxylation sites is 2. The number of amides is 2. The van der Waals surface area contributed by atoms with Gasteiger partial charge in [-0.1, -0.05) is 28.1 Å². The van der Waals surface area contributed by atoms with Crippen LogP contribution in [0.5, 0.6) is 5.75 Å². The Bertz CT molecular complexity index is 885. The zero-order valence-electron chi connectivity index (χ0n) is 16.3. The topological polar surface area (TPSA) is 93.7 Å². The van der Waals surface area contributed by atoms with Gasteiger partial charge in [-0.05, 0) is 49.2 Å². The average Bonchev–Trinajstić information content (AvgIpc) is 2.69. The summed E-state index contributed by atoms with van der Waals surface area (Å²) in [5.74, 6) is -0.617. The van der Waals surface area contributed by atoms with Gasteiger partial charge in [-0.2, -0.15) is 0 Å². The molecule has 2 aromatic rings. The molecule has 0 unspecified atom stereocenters. The van der Waals surface area contributed by atoms with Gasteiger partial charge in [0.15, 0.2) is 6.61 Å². The maximum atomic E-state index is 12.0. The number of aryl methyl sites for hydroxylation is 1. The van der Waals surface area contributed by atoms with Crippen LogP contribution in [0.15, 0.2) is 46.9 Å². The summed E-state index contributed by atoms with van der Waals surface area (Å²) in [6.07, 6.45) is 0.509. The van der Waals surface area contributed by atoms with Crippen LogP contribution in [0.25, 0.3) is 0 Å². The molecule has 0 saturated carbocycles. The number of hydrogen-bond donors (Lipinski definition) is 2. The van der Waals surface area contributed by atoms with E-state index in [1.807, 2.05) is 19.1 Å². The molecule has 0 aromatic heterocycles. The molecule has 2 N–H and O–H groups in total. The molecule has 0 bridgehead atoms. The first-order chi connectivity index (χ1) is 13.9. The average molecular weight is 463 g/mol. The normalized spacial score (nSPS) is 10.2. The van der Waals surface area contributed by atoms with E-state index >= 15 is 0 Å². The minimum absolute atomic E-state index is 0.0456. The quantitative estimate of drug-likeness (QED) is 0.548. The molecule has 0 aliphatic rings. The summed E-state index contributed by atoms with van der Waals surface area (Å²) in [6, 6.07) is 12.5. The van der Waals surface area contributed by atoms with Crippen molar-refractivity contribution in [2.24, 2.45) is 0 Å². The SMILES string of the molecule is COc1ccccc1NC(=O)CCCC(=O)OCC(=O)Nc1ccc(Br)cc1C. The lowest BCUT2D eigenvalue weighted by molar-refractivity contribution is -0.147. The third kappa shape index (κ3) is 7.57. The smallest absolute Gasteiger partial charge is 0.306 e. The van der Waals surface area contributed by atoms with Gasteiger partial charge < -0.3 is 20.1 Å². The summed E-state index contributed by atoms with van der Waals surface area (Å²) < 4.78 is 11.0. The van der Waals surface area contributed by atoms with Crippen LogP contribution in [0.3, 0.4) is 0 Å². The Morgan fingerprint density at radius 2 is 1.69 bits per heavy atom. The molecule has 0 spiro atoms. The van der Waals surface area contributed by atoms with E-state index in [0.717, 1.165) is 10.0 Å². The molecule has 0 saturated heterocycles. The van der Waals surface area contributed by atoms with E-state index in [1.54, 1.807) is 30.3 Å². The van der Waals surface area contributed by atoms with Crippen LogP contribution in [-0.4, -0.2) is 31.5 Å². The van der Waals surface area contributed by atoms with Crippen molar-refractivity contribution >= 4 is 45.1 Å². The molecule has 0 radical (unpaired) electrons. The highest BCUT2D eigenvalue weighted by Gasteiger charge is 2.11. The fourth-order valence-electron chi connectivity index (χ4n) is 2.53. The van der Waals surface area contributed by atoms with Gasteiger partial charge >= 0.3 is 5.97 Å². The Hall–Kier alpha value is -2.87. The molecular formula is C21H23BrN2O5. The van der Waals surface area contributed by atoms with Gasteiger partial charge in [-0.25, -0.2) is 0 Å². The van der Waals surface area contributed by atoms with E-state index in [1.165, 1.54) is 7.11 Å². The van der Waals surface area contributed by atoms with E-state index in [2.05, 4.69) is 26.6 Å². The summed E-state index contributed by atoms with van der Waals surface area (Å²) in [7, 11) is 1.52. The van der Waals surface area contributed by atoms with Crippen LogP contribution in [0.4, 0.5) is 11.4 Å². The molecule has 0 fully saturated rings. The molecule has 2 amide bonds. The van der Waals surface area contributed by atoms with Gasteiger partial charge in [-0.15, -0.1) is 0 Å². The van der Waals surface area contributed by atoms with Crippen LogP contribution in [-0.2, 0) is 19.1 Å². The van der Waals surface area contributed by atoms with Gasteiger partial charge in [0, 0.05) is 23.0 Å². The lowest BCUT2D eigenvalue weighted by Crippen LogP contribution is -2.21. The standard InChI is InChI=1S/C21H23BrN2O5/c1-14-12-15(22)10-11-16(14)23-20(26)13-29-21(27)9-5-8-19(25)24-17-6-3-4-7-18(17)28-2/h3-4,6-7,10-12H,5,8-9,13H2,1-2H3,(H,23,26)(H,24,25). The fourth-order valence-corrected chi connectivity index (χ4v) is 3.00. The van der Waals surface area contributed by atoms with E-state index < -0.39 is 11.9 Å². The lowest BCUT2D eigenvalue weighted by Gasteiger charge is -2.10. The fraction of sp³-hybridized carbons (Fsp3) is 0.286. The Labute approximate surface area is 177 Å². The van der Waals surface area contributed by atoms with Crippen molar-refractivity contribution in [3.05, 3.63) is 52.5 Å². The molecule has 8 heteroatoms. The minimum Gasteiger partial charge on any atom is -0.495 e. The second-order valence-corrected chi connectivity index (χ2v) is 7.19. The van der Waals surface area contributed by atoms with Crippen LogP contribution >= 0.6 is 15.9 Å². The number of ether oxygens (including phenoxy) is 2. The highest BCUT2D eigenvalue weighted by molar-refractivity contribution is 9.10. The second kappa shape index (κ2) is 11.2. The number of benzene rings is 2. The highest BCUT2D eigenvalue weighted by atomic mass is 79.9. The number of nitrogens with one attached hydrogen (secondary N) is 2. The summed E-state index contributed by atoms with van der Waals surface area (Å²) in [6.45, 7) is 1.49. The van der Waals surface area contributed by atoms with E-state index in [-0.39, 0.29) is 25.4 Å². The van der Waals surface area contributed by atoms with Gasteiger partial charge in [0.1, 0.15) is 5.75 Å². The van der Waals surface area contributed by atoms with Gasteiger partial charge in [-0.3, -0.25) is 14.4 Å². The predicted molar refractivity (Wildman–Crippen MR) is 114 cm³/mol. The van der Waals surface area contributed by atoms with Crippen molar-refractivity contribution in [3.63, 3.8) is 0 Å². The zero-order valence-corrected chi connectivity index (χ0v) is 17.9. The molecule has 0 heterocycles. The summed E-state index contributed by atoms with van der Waals surface area (Å²) in [4.78, 5) is 35.7. The van der Waals surface area contributed by atoms with E-state index in [0.29, 0.717) is 23.5 Å². The molecule has 0 aliphatic heterocycles. The summed E-state index contributed by atoms with van der Waals surface area (Å²) in [5, 5.41) is 5.43. The lowest BCUT2D eigenvalue weighted by atomic mass is 10.2. The molecule has 0 atom stereocenters. The van der Waals surface area contributed by atoms with Crippen molar-refractivity contribution in [2.75, 3.05) is 24.4 Å². The number of anilines is 2. The minimum atomic E-state index is -0.530. The molecule has 29 heavy (non-hydrogen) atoms. The van der Waals surface area contributed by atoms with Crippen molar-refractivity contribution in [1.82, 2.24) is 0 Å².